The number of pyridine rings is 2. The number of halogens is 4. The summed E-state index contributed by atoms with van der Waals surface area (Å²) >= 11 is 0. The third kappa shape index (κ3) is 7.68. The topological polar surface area (TPSA) is 112 Å². The molecule has 3 rings (SSSR count). The molecule has 13 heteroatoms. The van der Waals surface area contributed by atoms with Crippen LogP contribution in [-0.2, 0) is 27.4 Å². The van der Waals surface area contributed by atoms with Gasteiger partial charge in [-0.2, -0.15) is 21.6 Å². The molecular weight excluding hydrogens is 552 g/mol. The largest absolute Gasteiger partial charge is 0.481 e. The Kier molecular flexibility index (Phi) is 9.72. The van der Waals surface area contributed by atoms with Gasteiger partial charge in [0.2, 0.25) is 0 Å². The maximum Gasteiger partial charge on any atom is 0.418 e. The number of sulfonamides is 1. The van der Waals surface area contributed by atoms with Crippen LogP contribution >= 0.6 is 0 Å². The van der Waals surface area contributed by atoms with Crippen LogP contribution < -0.4 is 9.62 Å². The highest BCUT2D eigenvalue weighted by Crippen LogP contribution is 2.38. The number of nitrogens with one attached hydrogen (secondary N) is 1. The average molecular weight is 583 g/mol. The van der Waals surface area contributed by atoms with Crippen molar-refractivity contribution < 1.29 is 35.9 Å². The molecule has 0 amide bonds. The average Bonchev–Trinajstić information content (AvgIpc) is 2.87. The first-order valence-electron chi connectivity index (χ1n) is 12.6. The highest BCUT2D eigenvalue weighted by molar-refractivity contribution is 7.92. The van der Waals surface area contributed by atoms with Crippen molar-refractivity contribution in [3.63, 3.8) is 0 Å². The fourth-order valence-corrected chi connectivity index (χ4v) is 5.09. The number of carboxylic acid groups (broad SMARTS) is 1. The van der Waals surface area contributed by atoms with E-state index in [-0.39, 0.29) is 23.1 Å². The van der Waals surface area contributed by atoms with E-state index in [0.29, 0.717) is 43.3 Å². The maximum absolute atomic E-state index is 14.0. The predicted octanol–water partition coefficient (Wildman–Crippen LogP) is 6.13. The molecule has 0 saturated heterocycles. The van der Waals surface area contributed by atoms with E-state index < -0.39 is 45.1 Å². The molecule has 0 saturated carbocycles. The number of rotatable bonds is 12. The summed E-state index contributed by atoms with van der Waals surface area (Å²) in [5.74, 6) is -1.72. The first-order chi connectivity index (χ1) is 18.7. The van der Waals surface area contributed by atoms with E-state index in [1.165, 1.54) is 18.2 Å². The number of benzene rings is 1. The number of alkyl halides is 3. The summed E-state index contributed by atoms with van der Waals surface area (Å²) in [6.07, 6.45) is -3.54. The lowest BCUT2D eigenvalue weighted by atomic mass is 9.98. The van der Waals surface area contributed by atoms with Crippen LogP contribution in [0.4, 0.5) is 29.2 Å². The predicted molar refractivity (Wildman–Crippen MR) is 143 cm³/mol. The Morgan fingerprint density at radius 1 is 1.07 bits per heavy atom. The summed E-state index contributed by atoms with van der Waals surface area (Å²) in [4.78, 5) is 20.8. The van der Waals surface area contributed by atoms with E-state index in [9.17, 15) is 30.8 Å². The Hall–Kier alpha value is -3.74. The molecule has 2 heterocycles. The fourth-order valence-electron chi connectivity index (χ4n) is 4.13. The van der Waals surface area contributed by atoms with Crippen molar-refractivity contribution in [2.45, 2.75) is 63.7 Å². The number of hydrogen-bond acceptors (Lipinski definition) is 6. The second kappa shape index (κ2) is 12.6. The lowest BCUT2D eigenvalue weighted by Crippen LogP contribution is -2.33. The van der Waals surface area contributed by atoms with Crippen molar-refractivity contribution >= 4 is 27.6 Å². The van der Waals surface area contributed by atoms with Crippen LogP contribution in [-0.4, -0.2) is 42.0 Å². The summed E-state index contributed by atoms with van der Waals surface area (Å²) in [7, 11) is -4.39. The van der Waals surface area contributed by atoms with Gasteiger partial charge in [0.25, 0.3) is 10.0 Å². The van der Waals surface area contributed by atoms with E-state index in [2.05, 4.69) is 14.7 Å². The highest BCUT2D eigenvalue weighted by Gasteiger charge is 2.35. The molecule has 0 fully saturated rings. The molecule has 0 bridgehead atoms. The third-order valence-corrected chi connectivity index (χ3v) is 7.34. The molecule has 0 unspecified atom stereocenters. The van der Waals surface area contributed by atoms with Gasteiger partial charge >= 0.3 is 12.1 Å². The SMILES string of the molecule is CCc1ccc(F)cc1-c1nc(NS(=O)(=O)c2cccc(N(CCCCC(=O)O)C(C)C)n2)ccc1C(F)(F)F. The van der Waals surface area contributed by atoms with Gasteiger partial charge in [-0.15, -0.1) is 0 Å². The van der Waals surface area contributed by atoms with Crippen LogP contribution in [0.25, 0.3) is 11.3 Å². The van der Waals surface area contributed by atoms with Crippen LogP contribution in [0.15, 0.2) is 53.6 Å². The maximum atomic E-state index is 14.0. The minimum atomic E-state index is -4.82. The van der Waals surface area contributed by atoms with Gasteiger partial charge in [0.05, 0.1) is 11.3 Å². The van der Waals surface area contributed by atoms with E-state index in [1.807, 2.05) is 18.7 Å². The van der Waals surface area contributed by atoms with Gasteiger partial charge in [0, 0.05) is 24.6 Å². The van der Waals surface area contributed by atoms with E-state index in [4.69, 9.17) is 5.11 Å². The molecule has 0 aliphatic heterocycles. The van der Waals surface area contributed by atoms with Crippen molar-refractivity contribution in [1.29, 1.82) is 0 Å². The molecule has 0 spiro atoms. The van der Waals surface area contributed by atoms with Crippen molar-refractivity contribution in [2.24, 2.45) is 0 Å². The zero-order valence-corrected chi connectivity index (χ0v) is 23.0. The number of unbranched alkanes of at least 4 members (excludes halogenated alkanes) is 1. The number of hydrogen-bond donors (Lipinski definition) is 2. The highest BCUT2D eigenvalue weighted by atomic mass is 32.2. The molecule has 40 heavy (non-hydrogen) atoms. The van der Waals surface area contributed by atoms with Crippen LogP contribution in [0, 0.1) is 5.82 Å². The summed E-state index contributed by atoms with van der Waals surface area (Å²) in [5.41, 5.74) is -1.41. The van der Waals surface area contributed by atoms with Gasteiger partial charge in [-0.1, -0.05) is 19.1 Å². The number of nitrogens with zero attached hydrogens (tertiary/aromatic N) is 3. The quantitative estimate of drug-likeness (QED) is 0.195. The van der Waals surface area contributed by atoms with Crippen molar-refractivity contribution in [3.8, 4) is 11.3 Å². The first kappa shape index (κ1) is 30.8. The number of carbonyl (C=O) groups is 1. The van der Waals surface area contributed by atoms with Gasteiger partial charge in [-0.05, 0) is 75.1 Å². The molecule has 0 atom stereocenters. The Bertz CT molecular complexity index is 1460. The number of carboxylic acids is 1. The molecular formula is C27H30F4N4O4S. The standard InChI is InChI=1S/C27H30F4N4O4S/c1-4-18-11-12-19(28)16-20(18)26-21(27(29,30)31)13-14-22(32-26)34-40(38,39)24-9-7-8-23(33-24)35(17(2)3)15-6-5-10-25(36)37/h7-9,11-14,16-17H,4-6,10,15H2,1-3H3,(H,32,34)(H,36,37). The Morgan fingerprint density at radius 2 is 1.80 bits per heavy atom. The molecule has 0 aliphatic carbocycles. The smallest absolute Gasteiger partial charge is 0.418 e. The van der Waals surface area contributed by atoms with Crippen LogP contribution in [0.3, 0.4) is 0 Å². The third-order valence-electron chi connectivity index (χ3n) is 6.09. The number of aryl methyl sites for hydroxylation is 1. The van der Waals surface area contributed by atoms with Gasteiger partial charge < -0.3 is 10.0 Å². The molecule has 0 radical (unpaired) electrons. The van der Waals surface area contributed by atoms with Gasteiger partial charge in [0.1, 0.15) is 17.5 Å². The Morgan fingerprint density at radius 3 is 2.42 bits per heavy atom. The zero-order valence-electron chi connectivity index (χ0n) is 22.2. The van der Waals surface area contributed by atoms with Gasteiger partial charge in [-0.3, -0.25) is 9.52 Å². The monoisotopic (exact) mass is 582 g/mol. The summed E-state index contributed by atoms with van der Waals surface area (Å²) < 4.78 is 84.1. The lowest BCUT2D eigenvalue weighted by molar-refractivity contribution is -0.138. The summed E-state index contributed by atoms with van der Waals surface area (Å²) in [5, 5.41) is 8.47. The van der Waals surface area contributed by atoms with Crippen molar-refractivity contribution in [2.75, 3.05) is 16.2 Å². The van der Waals surface area contributed by atoms with Gasteiger partial charge in [-0.25, -0.2) is 14.4 Å². The minimum absolute atomic E-state index is 0.00912. The molecule has 0 aliphatic rings. The van der Waals surface area contributed by atoms with Crippen LogP contribution in [0.2, 0.25) is 0 Å². The molecule has 3 aromatic rings. The van der Waals surface area contributed by atoms with Crippen LogP contribution in [0.5, 0.6) is 0 Å². The summed E-state index contributed by atoms with van der Waals surface area (Å²) in [6, 6.07) is 9.28. The van der Waals surface area contributed by atoms with E-state index in [1.54, 1.807) is 13.0 Å². The van der Waals surface area contributed by atoms with E-state index in [0.717, 1.165) is 18.2 Å². The molecule has 216 valence electrons. The van der Waals surface area contributed by atoms with Crippen LogP contribution in [0.1, 0.15) is 51.2 Å². The lowest BCUT2D eigenvalue weighted by Gasteiger charge is -2.28. The summed E-state index contributed by atoms with van der Waals surface area (Å²) in [6.45, 7) is 5.89. The minimum Gasteiger partial charge on any atom is -0.481 e. The molecule has 2 N–H and O–H groups in total. The number of anilines is 2. The van der Waals surface area contributed by atoms with Gasteiger partial charge in [0.15, 0.2) is 5.03 Å². The molecule has 1 aromatic carbocycles. The van der Waals surface area contributed by atoms with Crippen molar-refractivity contribution in [3.05, 3.63) is 65.5 Å². The Balaban J connectivity index is 1.96. The fraction of sp³-hybridized carbons (Fsp3) is 0.370. The second-order valence-electron chi connectivity index (χ2n) is 9.32. The first-order valence-corrected chi connectivity index (χ1v) is 14.1. The van der Waals surface area contributed by atoms with Crippen molar-refractivity contribution in [1.82, 2.24) is 9.97 Å². The van der Waals surface area contributed by atoms with E-state index >= 15 is 0 Å². The zero-order chi connectivity index (χ0) is 29.7. The molecule has 2 aromatic heterocycles. The number of aromatic nitrogens is 2. The number of aliphatic carboxylic acids is 1. The Labute approximate surface area is 230 Å². The second-order valence-corrected chi connectivity index (χ2v) is 11.0. The molecule has 8 nitrogen and oxygen atoms in total. The normalized spacial score (nSPS) is 12.0.